The first kappa shape index (κ1) is 11.1. The maximum absolute atomic E-state index is 9.93. The summed E-state index contributed by atoms with van der Waals surface area (Å²) in [7, 11) is 0. The summed E-state index contributed by atoms with van der Waals surface area (Å²) in [5.41, 5.74) is 4.16. The minimum Gasteiger partial charge on any atom is -0.393 e. The molecule has 1 fully saturated rings. The average molecular weight is 248 g/mol. The number of hydrogen-bond acceptors (Lipinski definition) is 4. The van der Waals surface area contributed by atoms with E-state index in [1.165, 1.54) is 10.3 Å². The molecule has 4 heteroatoms. The molecule has 90 valence electrons. The summed E-state index contributed by atoms with van der Waals surface area (Å²) in [6, 6.07) is 6.65. The monoisotopic (exact) mass is 248 g/mol. The van der Waals surface area contributed by atoms with E-state index >= 15 is 0 Å². The summed E-state index contributed by atoms with van der Waals surface area (Å²) in [4.78, 5) is 4.34. The average Bonchev–Trinajstić information content (AvgIpc) is 2.79. The number of aliphatic hydroxyl groups is 1. The number of fused-ring (bicyclic) bond motifs is 1. The lowest BCUT2D eigenvalue weighted by atomic mass is 9.89. The van der Waals surface area contributed by atoms with Gasteiger partial charge in [-0.2, -0.15) is 0 Å². The molecule has 0 aliphatic carbocycles. The minimum absolute atomic E-state index is 0.201. The maximum Gasteiger partial charge on any atom is 0.0815 e. The molecular weight excluding hydrogens is 232 g/mol. The third-order valence-corrected chi connectivity index (χ3v) is 4.39. The lowest BCUT2D eigenvalue weighted by Crippen LogP contribution is -2.40. The van der Waals surface area contributed by atoms with Crippen LogP contribution in [0, 0.1) is 5.92 Å². The Bertz CT molecular complexity index is 525. The second-order valence-corrected chi connectivity index (χ2v) is 5.71. The fraction of sp³-hybridized carbons (Fsp3) is 0.462. The Hall–Kier alpha value is -0.970. The van der Waals surface area contributed by atoms with Gasteiger partial charge in [-0.3, -0.25) is 0 Å². The highest BCUT2D eigenvalue weighted by molar-refractivity contribution is 7.16. The molecule has 0 saturated carbocycles. The van der Waals surface area contributed by atoms with Crippen molar-refractivity contribution in [3.63, 3.8) is 0 Å². The molecule has 1 aromatic heterocycles. The number of nitrogens with one attached hydrogen (secondary N) is 1. The van der Waals surface area contributed by atoms with Crippen molar-refractivity contribution >= 4 is 21.6 Å². The molecule has 0 bridgehead atoms. The summed E-state index contributed by atoms with van der Waals surface area (Å²) >= 11 is 1.66. The van der Waals surface area contributed by atoms with Crippen LogP contribution in [0.3, 0.4) is 0 Å². The van der Waals surface area contributed by atoms with Crippen molar-refractivity contribution in [3.8, 4) is 0 Å². The SMILES string of the molecule is CC1CNC(c2ccc3scnc3c2)CC1O. The molecule has 3 atom stereocenters. The third kappa shape index (κ3) is 2.08. The van der Waals surface area contributed by atoms with Gasteiger partial charge in [0.2, 0.25) is 0 Å². The smallest absolute Gasteiger partial charge is 0.0815 e. The van der Waals surface area contributed by atoms with Crippen LogP contribution < -0.4 is 5.32 Å². The number of thiazole rings is 1. The van der Waals surface area contributed by atoms with Gasteiger partial charge in [0, 0.05) is 12.6 Å². The van der Waals surface area contributed by atoms with E-state index < -0.39 is 0 Å². The van der Waals surface area contributed by atoms with Gasteiger partial charge in [-0.25, -0.2) is 4.98 Å². The lowest BCUT2D eigenvalue weighted by Gasteiger charge is -2.32. The highest BCUT2D eigenvalue weighted by Crippen LogP contribution is 2.28. The van der Waals surface area contributed by atoms with Crippen molar-refractivity contribution in [2.24, 2.45) is 5.92 Å². The predicted molar refractivity (Wildman–Crippen MR) is 70.2 cm³/mol. The van der Waals surface area contributed by atoms with Crippen molar-refractivity contribution in [2.75, 3.05) is 6.54 Å². The molecule has 1 aliphatic heterocycles. The summed E-state index contributed by atoms with van der Waals surface area (Å²) in [6.07, 6.45) is 0.587. The van der Waals surface area contributed by atoms with Gasteiger partial charge in [-0.05, 0) is 30.0 Å². The molecule has 17 heavy (non-hydrogen) atoms. The van der Waals surface area contributed by atoms with Crippen molar-refractivity contribution in [1.82, 2.24) is 10.3 Å². The maximum atomic E-state index is 9.93. The van der Waals surface area contributed by atoms with E-state index in [0.717, 1.165) is 18.5 Å². The molecule has 1 aliphatic rings. The first-order valence-electron chi connectivity index (χ1n) is 5.98. The van der Waals surface area contributed by atoms with Crippen molar-refractivity contribution in [1.29, 1.82) is 0 Å². The number of piperidine rings is 1. The van der Waals surface area contributed by atoms with Gasteiger partial charge < -0.3 is 10.4 Å². The van der Waals surface area contributed by atoms with Crippen LogP contribution in [0.2, 0.25) is 0 Å². The Morgan fingerprint density at radius 3 is 3.18 bits per heavy atom. The van der Waals surface area contributed by atoms with E-state index in [2.05, 4.69) is 35.4 Å². The van der Waals surface area contributed by atoms with Crippen LogP contribution in [-0.4, -0.2) is 22.7 Å². The van der Waals surface area contributed by atoms with Gasteiger partial charge in [0.15, 0.2) is 0 Å². The van der Waals surface area contributed by atoms with Crippen LogP contribution >= 0.6 is 11.3 Å². The summed E-state index contributed by atoms with van der Waals surface area (Å²) < 4.78 is 1.22. The number of rotatable bonds is 1. The normalized spacial score (nSPS) is 29.6. The Balaban J connectivity index is 1.88. The van der Waals surface area contributed by atoms with E-state index in [0.29, 0.717) is 5.92 Å². The number of benzene rings is 1. The van der Waals surface area contributed by atoms with Gasteiger partial charge in [-0.1, -0.05) is 13.0 Å². The van der Waals surface area contributed by atoms with Gasteiger partial charge in [0.1, 0.15) is 0 Å². The van der Waals surface area contributed by atoms with Crippen LogP contribution in [0.4, 0.5) is 0 Å². The van der Waals surface area contributed by atoms with Crippen LogP contribution in [0.25, 0.3) is 10.2 Å². The highest BCUT2D eigenvalue weighted by atomic mass is 32.1. The standard InChI is InChI=1S/C13H16N2OS/c1-8-6-14-10(5-12(8)16)9-2-3-13-11(4-9)15-7-17-13/h2-4,7-8,10,12,14,16H,5-6H2,1H3. The highest BCUT2D eigenvalue weighted by Gasteiger charge is 2.26. The number of aliphatic hydroxyl groups excluding tert-OH is 1. The topological polar surface area (TPSA) is 45.2 Å². The Labute approximate surface area is 105 Å². The Kier molecular flexibility index (Phi) is 2.86. The molecule has 2 aromatic rings. The molecule has 3 rings (SSSR count). The van der Waals surface area contributed by atoms with Gasteiger partial charge in [0.05, 0.1) is 21.8 Å². The first-order valence-corrected chi connectivity index (χ1v) is 6.86. The molecule has 1 aromatic carbocycles. The van der Waals surface area contributed by atoms with Crippen molar-refractivity contribution in [2.45, 2.75) is 25.5 Å². The predicted octanol–water partition coefficient (Wildman–Crippen LogP) is 2.33. The zero-order valence-electron chi connectivity index (χ0n) is 9.76. The van der Waals surface area contributed by atoms with Crippen LogP contribution in [-0.2, 0) is 0 Å². The van der Waals surface area contributed by atoms with Crippen LogP contribution in [0.5, 0.6) is 0 Å². The molecule has 0 radical (unpaired) electrons. The van der Waals surface area contributed by atoms with E-state index in [-0.39, 0.29) is 12.1 Å². The zero-order chi connectivity index (χ0) is 11.8. The molecule has 0 spiro atoms. The van der Waals surface area contributed by atoms with Crippen molar-refractivity contribution in [3.05, 3.63) is 29.3 Å². The minimum atomic E-state index is -0.201. The van der Waals surface area contributed by atoms with E-state index in [9.17, 15) is 5.11 Å². The van der Waals surface area contributed by atoms with Crippen LogP contribution in [0.15, 0.2) is 23.7 Å². The second-order valence-electron chi connectivity index (χ2n) is 4.82. The second kappa shape index (κ2) is 4.37. The molecule has 0 amide bonds. The summed E-state index contributed by atoms with van der Waals surface area (Å²) in [5.74, 6) is 0.342. The van der Waals surface area contributed by atoms with Gasteiger partial charge in [-0.15, -0.1) is 11.3 Å². The Morgan fingerprint density at radius 1 is 1.47 bits per heavy atom. The molecule has 2 N–H and O–H groups in total. The molecule has 3 unspecified atom stereocenters. The third-order valence-electron chi connectivity index (χ3n) is 3.58. The van der Waals surface area contributed by atoms with Gasteiger partial charge >= 0.3 is 0 Å². The quantitative estimate of drug-likeness (QED) is 0.814. The summed E-state index contributed by atoms with van der Waals surface area (Å²) in [6.45, 7) is 2.96. The van der Waals surface area contributed by atoms with E-state index in [4.69, 9.17) is 0 Å². The van der Waals surface area contributed by atoms with E-state index in [1.54, 1.807) is 11.3 Å². The first-order chi connectivity index (χ1) is 8.24. The molecule has 3 nitrogen and oxygen atoms in total. The van der Waals surface area contributed by atoms with E-state index in [1.807, 2.05) is 5.51 Å². The lowest BCUT2D eigenvalue weighted by molar-refractivity contribution is 0.0689. The fourth-order valence-electron chi connectivity index (χ4n) is 2.37. The number of hydrogen-bond donors (Lipinski definition) is 2. The van der Waals surface area contributed by atoms with Crippen LogP contribution in [0.1, 0.15) is 24.9 Å². The Morgan fingerprint density at radius 2 is 2.35 bits per heavy atom. The molecule has 1 saturated heterocycles. The summed E-state index contributed by atoms with van der Waals surface area (Å²) in [5, 5.41) is 13.4. The molecular formula is C13H16N2OS. The fourth-order valence-corrected chi connectivity index (χ4v) is 3.03. The number of nitrogens with zero attached hydrogens (tertiary/aromatic N) is 1. The van der Waals surface area contributed by atoms with Gasteiger partial charge in [0.25, 0.3) is 0 Å². The number of aromatic nitrogens is 1. The zero-order valence-corrected chi connectivity index (χ0v) is 10.6. The molecule has 2 heterocycles. The largest absolute Gasteiger partial charge is 0.393 e. The van der Waals surface area contributed by atoms with Crippen molar-refractivity contribution < 1.29 is 5.11 Å².